The lowest BCUT2D eigenvalue weighted by atomic mass is 9.79. The van der Waals surface area contributed by atoms with Gasteiger partial charge in [-0.15, -0.1) is 0 Å². The van der Waals surface area contributed by atoms with Gasteiger partial charge in [-0.2, -0.15) is 0 Å². The minimum atomic E-state index is -0.618. The summed E-state index contributed by atoms with van der Waals surface area (Å²) in [6.07, 6.45) is -0.211. The second kappa shape index (κ2) is 6.23. The molecule has 2 heterocycles. The van der Waals surface area contributed by atoms with E-state index in [0.717, 1.165) is 0 Å². The van der Waals surface area contributed by atoms with E-state index in [1.807, 2.05) is 41.5 Å². The van der Waals surface area contributed by atoms with E-state index >= 15 is 0 Å². The second-order valence-electron chi connectivity index (χ2n) is 8.04. The molecule has 138 valence electrons. The van der Waals surface area contributed by atoms with Gasteiger partial charge in [0.2, 0.25) is 0 Å². The summed E-state index contributed by atoms with van der Waals surface area (Å²) in [6.45, 7) is 12.2. The molecular formula is C18H26BFO5. The summed E-state index contributed by atoms with van der Waals surface area (Å²) in [6, 6.07) is 4.75. The van der Waals surface area contributed by atoms with Crippen molar-refractivity contribution in [2.24, 2.45) is 0 Å². The molecule has 5 nitrogen and oxygen atoms in total. The Hall–Kier alpha value is -1.15. The van der Waals surface area contributed by atoms with E-state index in [-0.39, 0.29) is 18.5 Å². The molecule has 0 aliphatic carbocycles. The van der Waals surface area contributed by atoms with Gasteiger partial charge in [0.05, 0.1) is 17.8 Å². The normalized spacial score (nSPS) is 26.8. The molecule has 2 saturated heterocycles. The molecule has 3 rings (SSSR count). The number of rotatable bonds is 4. The van der Waals surface area contributed by atoms with Crippen LogP contribution in [0.3, 0.4) is 0 Å². The predicted octanol–water partition coefficient (Wildman–Crippen LogP) is 2.66. The maximum atomic E-state index is 14.4. The van der Waals surface area contributed by atoms with Gasteiger partial charge in [0.1, 0.15) is 12.7 Å². The van der Waals surface area contributed by atoms with Gasteiger partial charge >= 0.3 is 7.12 Å². The third kappa shape index (κ3) is 3.84. The summed E-state index contributed by atoms with van der Waals surface area (Å²) in [5.74, 6) is -0.897. The Labute approximate surface area is 148 Å². The van der Waals surface area contributed by atoms with Crippen molar-refractivity contribution < 1.29 is 27.9 Å². The number of hydrogen-bond acceptors (Lipinski definition) is 5. The number of hydrogen-bond donors (Lipinski definition) is 0. The summed E-state index contributed by atoms with van der Waals surface area (Å²) >= 11 is 0. The third-order valence-corrected chi connectivity index (χ3v) is 4.97. The van der Waals surface area contributed by atoms with Crippen LogP contribution in [0.25, 0.3) is 0 Å². The standard InChI is InChI=1S/C18H26BFO5/c1-16(2)17(3,4)25-19(24-16)12-7-8-15(14(20)9-12)21-10-13-11-22-18(5,6)23-13/h7-9,13H,10-11H2,1-6H3/t13-/m1/s1. The Morgan fingerprint density at radius 2 is 1.76 bits per heavy atom. The fourth-order valence-electron chi connectivity index (χ4n) is 2.79. The van der Waals surface area contributed by atoms with Gasteiger partial charge in [0.15, 0.2) is 17.4 Å². The van der Waals surface area contributed by atoms with Gasteiger partial charge in [0.25, 0.3) is 0 Å². The fourth-order valence-corrected chi connectivity index (χ4v) is 2.79. The van der Waals surface area contributed by atoms with Gasteiger partial charge in [-0.25, -0.2) is 4.39 Å². The zero-order valence-electron chi connectivity index (χ0n) is 15.7. The SMILES string of the molecule is CC1(C)OC[C@@H](COc2ccc(B3OC(C)(C)C(C)(C)O3)cc2F)O1. The molecule has 0 aromatic heterocycles. The molecule has 2 fully saturated rings. The van der Waals surface area contributed by atoms with E-state index in [0.29, 0.717) is 12.1 Å². The van der Waals surface area contributed by atoms with Gasteiger partial charge < -0.3 is 23.5 Å². The van der Waals surface area contributed by atoms with E-state index in [1.165, 1.54) is 6.07 Å². The molecule has 0 N–H and O–H groups in total. The van der Waals surface area contributed by atoms with Gasteiger partial charge in [0, 0.05) is 0 Å². The molecule has 7 heteroatoms. The summed E-state index contributed by atoms with van der Waals surface area (Å²) in [5.41, 5.74) is -0.295. The quantitative estimate of drug-likeness (QED) is 0.780. The summed E-state index contributed by atoms with van der Waals surface area (Å²) < 4.78 is 43.0. The highest BCUT2D eigenvalue weighted by molar-refractivity contribution is 6.62. The molecule has 0 bridgehead atoms. The lowest BCUT2D eigenvalue weighted by Crippen LogP contribution is -2.41. The third-order valence-electron chi connectivity index (χ3n) is 4.97. The molecule has 0 spiro atoms. The van der Waals surface area contributed by atoms with Gasteiger partial charge in [-0.05, 0) is 59.1 Å². The molecule has 2 aliphatic heterocycles. The monoisotopic (exact) mass is 352 g/mol. The molecule has 1 atom stereocenters. The molecule has 25 heavy (non-hydrogen) atoms. The Bertz CT molecular complexity index is 630. The van der Waals surface area contributed by atoms with Crippen LogP contribution >= 0.6 is 0 Å². The van der Waals surface area contributed by atoms with E-state index in [4.69, 9.17) is 23.5 Å². The molecule has 1 aromatic carbocycles. The first-order valence-corrected chi connectivity index (χ1v) is 8.59. The lowest BCUT2D eigenvalue weighted by Gasteiger charge is -2.32. The number of benzene rings is 1. The van der Waals surface area contributed by atoms with Crippen molar-refractivity contribution in [1.82, 2.24) is 0 Å². The summed E-state index contributed by atoms with van der Waals surface area (Å²) in [5, 5.41) is 0. The van der Waals surface area contributed by atoms with E-state index in [2.05, 4.69) is 0 Å². The van der Waals surface area contributed by atoms with Crippen molar-refractivity contribution in [1.29, 1.82) is 0 Å². The number of ether oxygens (including phenoxy) is 3. The van der Waals surface area contributed by atoms with Crippen molar-refractivity contribution in [3.05, 3.63) is 24.0 Å². The van der Waals surface area contributed by atoms with Crippen LogP contribution in [0.2, 0.25) is 0 Å². The van der Waals surface area contributed by atoms with E-state index in [1.54, 1.807) is 12.1 Å². The van der Waals surface area contributed by atoms with Crippen molar-refractivity contribution in [3.63, 3.8) is 0 Å². The first-order valence-electron chi connectivity index (χ1n) is 8.59. The zero-order chi connectivity index (χ0) is 18.5. The van der Waals surface area contributed by atoms with Crippen LogP contribution in [0.4, 0.5) is 4.39 Å². The van der Waals surface area contributed by atoms with Gasteiger partial charge in [-0.1, -0.05) is 6.07 Å². The maximum absolute atomic E-state index is 14.4. The van der Waals surface area contributed by atoms with Crippen LogP contribution in [0.15, 0.2) is 18.2 Å². The van der Waals surface area contributed by atoms with Gasteiger partial charge in [-0.3, -0.25) is 0 Å². The smallest absolute Gasteiger partial charge is 0.488 e. The van der Waals surface area contributed by atoms with E-state index in [9.17, 15) is 4.39 Å². The average Bonchev–Trinajstić information content (AvgIpc) is 2.93. The summed E-state index contributed by atoms with van der Waals surface area (Å²) in [4.78, 5) is 0. The van der Waals surface area contributed by atoms with Crippen LogP contribution in [-0.2, 0) is 18.8 Å². The molecule has 0 amide bonds. The van der Waals surface area contributed by atoms with Crippen molar-refractivity contribution in [2.75, 3.05) is 13.2 Å². The predicted molar refractivity (Wildman–Crippen MR) is 92.5 cm³/mol. The average molecular weight is 352 g/mol. The second-order valence-corrected chi connectivity index (χ2v) is 8.04. The molecule has 0 saturated carbocycles. The first-order chi connectivity index (χ1) is 11.5. The van der Waals surface area contributed by atoms with Crippen LogP contribution in [-0.4, -0.2) is 43.4 Å². The molecule has 0 radical (unpaired) electrons. The fraction of sp³-hybridized carbons (Fsp3) is 0.667. The van der Waals surface area contributed by atoms with Crippen molar-refractivity contribution >= 4 is 12.6 Å². The Morgan fingerprint density at radius 3 is 2.28 bits per heavy atom. The van der Waals surface area contributed by atoms with Crippen LogP contribution < -0.4 is 10.2 Å². The highest BCUT2D eigenvalue weighted by Crippen LogP contribution is 2.36. The lowest BCUT2D eigenvalue weighted by molar-refractivity contribution is -0.141. The Kier molecular flexibility index (Phi) is 4.65. The van der Waals surface area contributed by atoms with Crippen LogP contribution in [0.1, 0.15) is 41.5 Å². The van der Waals surface area contributed by atoms with Crippen molar-refractivity contribution in [2.45, 2.75) is 64.6 Å². The minimum Gasteiger partial charge on any atom is -0.488 e. The molecule has 1 aromatic rings. The Morgan fingerprint density at radius 1 is 1.12 bits per heavy atom. The zero-order valence-corrected chi connectivity index (χ0v) is 15.7. The van der Waals surface area contributed by atoms with Crippen LogP contribution in [0, 0.1) is 5.82 Å². The largest absolute Gasteiger partial charge is 0.494 e. The van der Waals surface area contributed by atoms with Crippen LogP contribution in [0.5, 0.6) is 5.75 Å². The Balaban J connectivity index is 1.64. The highest BCUT2D eigenvalue weighted by atomic mass is 19.1. The van der Waals surface area contributed by atoms with E-state index < -0.39 is 29.9 Å². The summed E-state index contributed by atoms with van der Waals surface area (Å²) in [7, 11) is -0.596. The maximum Gasteiger partial charge on any atom is 0.494 e. The molecule has 0 unspecified atom stereocenters. The number of halogens is 1. The molecular weight excluding hydrogens is 326 g/mol. The minimum absolute atomic E-state index is 0.175. The molecule has 2 aliphatic rings. The topological polar surface area (TPSA) is 46.2 Å². The van der Waals surface area contributed by atoms with Crippen molar-refractivity contribution in [3.8, 4) is 5.75 Å². The highest BCUT2D eigenvalue weighted by Gasteiger charge is 2.51. The first kappa shape index (κ1) is 18.6.